The predicted octanol–water partition coefficient (Wildman–Crippen LogP) is 7.52. The maximum absolute atomic E-state index is 9.36. The number of hydrogen-bond acceptors (Lipinski definition) is 2. The fraction of sp³-hybridized carbons (Fsp3) is 0.333. The van der Waals surface area contributed by atoms with E-state index in [1.165, 1.54) is 36.0 Å². The van der Waals surface area contributed by atoms with E-state index in [2.05, 4.69) is 69.1 Å². The summed E-state index contributed by atoms with van der Waals surface area (Å²) in [6.07, 6.45) is 21.7. The molecule has 0 spiro atoms. The van der Waals surface area contributed by atoms with Gasteiger partial charge < -0.3 is 0 Å². The number of hydrogen-bond donors (Lipinski definition) is 0. The van der Waals surface area contributed by atoms with Gasteiger partial charge in [0.25, 0.3) is 0 Å². The van der Waals surface area contributed by atoms with Crippen LogP contribution >= 0.6 is 0 Å². The Hall–Kier alpha value is -2.92. The molecular weight excluding hydrogens is 352 g/mol. The molecule has 0 bridgehead atoms. The second kappa shape index (κ2) is 10.6. The topological polar surface area (TPSA) is 36.7 Å². The van der Waals surface area contributed by atoms with Crippen LogP contribution in [0.1, 0.15) is 59.4 Å². The SMILES string of the molecule is CC1=C(/C=C/C(C)=C/C=C/C(C)=C/C=C(/C#N)c2ccncc2)C(C)(C)CCC1. The van der Waals surface area contributed by atoms with E-state index in [0.717, 1.165) is 11.1 Å². The van der Waals surface area contributed by atoms with Crippen LogP contribution in [0, 0.1) is 16.7 Å². The first-order chi connectivity index (χ1) is 13.8. The summed E-state index contributed by atoms with van der Waals surface area (Å²) in [5.74, 6) is 0. The Morgan fingerprint density at radius 2 is 1.76 bits per heavy atom. The van der Waals surface area contributed by atoms with Crippen molar-refractivity contribution in [3.05, 3.63) is 94.9 Å². The standard InChI is InChI=1S/C27H32N2/c1-21(11-13-25(20-28)24-15-18-29-19-16-24)8-6-9-22(2)12-14-26-23(3)10-7-17-27(26,4)5/h6,8-9,11-16,18-19H,7,10,17H2,1-5H3/b8-6+,14-12+,21-11+,22-9+,25-13-. The largest absolute Gasteiger partial charge is 0.265 e. The van der Waals surface area contributed by atoms with E-state index in [0.29, 0.717) is 5.57 Å². The normalized spacial score (nSPS) is 18.6. The molecule has 0 atom stereocenters. The Labute approximate surface area is 176 Å². The summed E-state index contributed by atoms with van der Waals surface area (Å²) < 4.78 is 0. The van der Waals surface area contributed by atoms with Gasteiger partial charge in [-0.25, -0.2) is 0 Å². The lowest BCUT2D eigenvalue weighted by Crippen LogP contribution is -2.19. The van der Waals surface area contributed by atoms with Gasteiger partial charge in [0.15, 0.2) is 0 Å². The Morgan fingerprint density at radius 3 is 2.41 bits per heavy atom. The van der Waals surface area contributed by atoms with Crippen molar-refractivity contribution in [2.24, 2.45) is 5.41 Å². The highest BCUT2D eigenvalue weighted by Crippen LogP contribution is 2.40. The summed E-state index contributed by atoms with van der Waals surface area (Å²) in [6, 6.07) is 5.93. The van der Waals surface area contributed by atoms with Crippen LogP contribution in [0.15, 0.2) is 89.4 Å². The van der Waals surface area contributed by atoms with Crippen LogP contribution in [0.25, 0.3) is 5.57 Å². The smallest absolute Gasteiger partial charge is 0.0997 e. The summed E-state index contributed by atoms with van der Waals surface area (Å²) in [5.41, 5.74) is 7.11. The number of pyridine rings is 1. The van der Waals surface area contributed by atoms with Gasteiger partial charge in [-0.05, 0) is 74.8 Å². The lowest BCUT2D eigenvalue weighted by molar-refractivity contribution is 0.377. The lowest BCUT2D eigenvalue weighted by Gasteiger charge is -2.32. The van der Waals surface area contributed by atoms with Crippen LogP contribution in [0.4, 0.5) is 0 Å². The summed E-state index contributed by atoms with van der Waals surface area (Å²) in [7, 11) is 0. The van der Waals surface area contributed by atoms with Gasteiger partial charge >= 0.3 is 0 Å². The fourth-order valence-corrected chi connectivity index (χ4v) is 3.63. The fourth-order valence-electron chi connectivity index (χ4n) is 3.63. The third-order valence-corrected chi connectivity index (χ3v) is 5.40. The molecule has 0 radical (unpaired) electrons. The lowest BCUT2D eigenvalue weighted by atomic mass is 9.72. The van der Waals surface area contributed by atoms with Crippen molar-refractivity contribution < 1.29 is 0 Å². The zero-order valence-electron chi connectivity index (χ0n) is 18.4. The first kappa shape index (κ1) is 22.4. The quantitative estimate of drug-likeness (QED) is 0.375. The van der Waals surface area contributed by atoms with Crippen molar-refractivity contribution in [2.75, 3.05) is 0 Å². The van der Waals surface area contributed by atoms with Gasteiger partial charge in [-0.2, -0.15) is 5.26 Å². The van der Waals surface area contributed by atoms with Crippen LogP contribution in [-0.4, -0.2) is 4.98 Å². The molecule has 0 saturated carbocycles. The third kappa shape index (κ3) is 6.88. The molecule has 0 unspecified atom stereocenters. The predicted molar refractivity (Wildman–Crippen MR) is 124 cm³/mol. The maximum Gasteiger partial charge on any atom is 0.0997 e. The Balaban J connectivity index is 2.05. The molecule has 2 heteroatoms. The average molecular weight is 385 g/mol. The van der Waals surface area contributed by atoms with Gasteiger partial charge in [-0.15, -0.1) is 0 Å². The van der Waals surface area contributed by atoms with Crippen molar-refractivity contribution in [1.29, 1.82) is 5.26 Å². The van der Waals surface area contributed by atoms with Gasteiger partial charge in [-0.1, -0.05) is 67.0 Å². The molecule has 0 aromatic carbocycles. The molecule has 2 rings (SSSR count). The van der Waals surface area contributed by atoms with E-state index in [-0.39, 0.29) is 5.41 Å². The summed E-state index contributed by atoms with van der Waals surface area (Å²) >= 11 is 0. The molecule has 1 heterocycles. The molecule has 0 aliphatic heterocycles. The monoisotopic (exact) mass is 384 g/mol. The van der Waals surface area contributed by atoms with Crippen LogP contribution in [0.2, 0.25) is 0 Å². The van der Waals surface area contributed by atoms with E-state index in [1.54, 1.807) is 12.4 Å². The molecule has 0 saturated heterocycles. The molecule has 2 nitrogen and oxygen atoms in total. The van der Waals surface area contributed by atoms with Crippen molar-refractivity contribution in [3.63, 3.8) is 0 Å². The average Bonchev–Trinajstić information content (AvgIpc) is 2.68. The van der Waals surface area contributed by atoms with Crippen molar-refractivity contribution >= 4 is 5.57 Å². The minimum absolute atomic E-state index is 0.272. The second-order valence-electron chi connectivity index (χ2n) is 8.37. The van der Waals surface area contributed by atoms with E-state index < -0.39 is 0 Å². The minimum atomic E-state index is 0.272. The Morgan fingerprint density at radius 1 is 1.07 bits per heavy atom. The zero-order chi connectivity index (χ0) is 21.3. The van der Waals surface area contributed by atoms with Gasteiger partial charge in [0.2, 0.25) is 0 Å². The highest BCUT2D eigenvalue weighted by atomic mass is 14.6. The third-order valence-electron chi connectivity index (χ3n) is 5.40. The number of aromatic nitrogens is 1. The van der Waals surface area contributed by atoms with Gasteiger partial charge in [0.1, 0.15) is 0 Å². The van der Waals surface area contributed by atoms with E-state index in [4.69, 9.17) is 0 Å². The van der Waals surface area contributed by atoms with E-state index in [9.17, 15) is 5.26 Å². The summed E-state index contributed by atoms with van der Waals surface area (Å²) in [4.78, 5) is 3.99. The molecular formula is C27H32N2. The van der Waals surface area contributed by atoms with Crippen molar-refractivity contribution in [1.82, 2.24) is 4.98 Å². The molecule has 1 aliphatic carbocycles. The molecule has 0 fully saturated rings. The molecule has 1 aliphatic rings. The molecule has 0 N–H and O–H groups in total. The van der Waals surface area contributed by atoms with Crippen LogP contribution < -0.4 is 0 Å². The molecule has 1 aromatic rings. The van der Waals surface area contributed by atoms with Gasteiger partial charge in [-0.3, -0.25) is 4.98 Å². The Kier molecular flexibility index (Phi) is 8.16. The highest BCUT2D eigenvalue weighted by molar-refractivity contribution is 5.77. The number of nitrogens with zero attached hydrogens (tertiary/aromatic N) is 2. The highest BCUT2D eigenvalue weighted by Gasteiger charge is 2.26. The molecule has 0 amide bonds. The minimum Gasteiger partial charge on any atom is -0.265 e. The number of allylic oxidation sites excluding steroid dienone is 12. The van der Waals surface area contributed by atoms with Crippen LogP contribution in [0.5, 0.6) is 0 Å². The van der Waals surface area contributed by atoms with Crippen LogP contribution in [0.3, 0.4) is 0 Å². The first-order valence-corrected chi connectivity index (χ1v) is 10.3. The van der Waals surface area contributed by atoms with Crippen molar-refractivity contribution in [3.8, 4) is 6.07 Å². The number of rotatable bonds is 6. The van der Waals surface area contributed by atoms with Gasteiger partial charge in [0.05, 0.1) is 11.6 Å². The number of nitriles is 1. The zero-order valence-corrected chi connectivity index (χ0v) is 18.4. The molecule has 150 valence electrons. The summed E-state index contributed by atoms with van der Waals surface area (Å²) in [5, 5.41) is 9.36. The van der Waals surface area contributed by atoms with Crippen molar-refractivity contribution in [2.45, 2.75) is 53.9 Å². The van der Waals surface area contributed by atoms with Crippen LogP contribution in [-0.2, 0) is 0 Å². The Bertz CT molecular complexity index is 926. The van der Waals surface area contributed by atoms with E-state index >= 15 is 0 Å². The maximum atomic E-state index is 9.36. The molecule has 1 aromatic heterocycles. The van der Waals surface area contributed by atoms with E-state index in [1.807, 2.05) is 31.2 Å². The molecule has 29 heavy (non-hydrogen) atoms. The summed E-state index contributed by atoms with van der Waals surface area (Å²) in [6.45, 7) is 11.1. The van der Waals surface area contributed by atoms with Gasteiger partial charge in [0, 0.05) is 12.4 Å². The first-order valence-electron chi connectivity index (χ1n) is 10.3. The second-order valence-corrected chi connectivity index (χ2v) is 8.37.